The van der Waals surface area contributed by atoms with E-state index in [4.69, 9.17) is 14.7 Å². The number of rotatable bonds is 8. The highest BCUT2D eigenvalue weighted by Crippen LogP contribution is 2.39. The van der Waals surface area contributed by atoms with E-state index < -0.39 is 9.84 Å². The van der Waals surface area contributed by atoms with Gasteiger partial charge in [0.05, 0.1) is 24.1 Å². The lowest BCUT2D eigenvalue weighted by Crippen LogP contribution is -2.57. The van der Waals surface area contributed by atoms with Crippen molar-refractivity contribution in [3.63, 3.8) is 0 Å². The van der Waals surface area contributed by atoms with E-state index in [9.17, 15) is 8.42 Å². The van der Waals surface area contributed by atoms with Crippen LogP contribution >= 0.6 is 0 Å². The number of ether oxygens (including phenoxy) is 1. The van der Waals surface area contributed by atoms with Crippen molar-refractivity contribution in [2.75, 3.05) is 60.9 Å². The number of anilines is 4. The summed E-state index contributed by atoms with van der Waals surface area (Å²) in [5.41, 5.74) is 3.32. The number of sulfone groups is 1. The molecule has 0 spiro atoms. The van der Waals surface area contributed by atoms with Crippen LogP contribution in [-0.4, -0.2) is 87.0 Å². The summed E-state index contributed by atoms with van der Waals surface area (Å²) in [5, 5.41) is 5.58. The van der Waals surface area contributed by atoms with Gasteiger partial charge in [-0.25, -0.2) is 18.4 Å². The molecular formula is C29H39N7O3S. The van der Waals surface area contributed by atoms with E-state index in [1.807, 2.05) is 12.3 Å². The number of piperidine rings is 1. The zero-order valence-corrected chi connectivity index (χ0v) is 24.9. The van der Waals surface area contributed by atoms with Crippen LogP contribution < -0.4 is 15.1 Å². The van der Waals surface area contributed by atoms with E-state index in [0.29, 0.717) is 30.0 Å². The molecular weight excluding hydrogens is 526 g/mol. The Hall–Kier alpha value is -3.31. The molecule has 2 aliphatic rings. The first kappa shape index (κ1) is 28.2. The zero-order valence-electron chi connectivity index (χ0n) is 24.1. The molecule has 0 aliphatic carbocycles. The Morgan fingerprint density at radius 1 is 1.18 bits per heavy atom. The van der Waals surface area contributed by atoms with Crippen LogP contribution in [0.1, 0.15) is 38.7 Å². The minimum Gasteiger partial charge on any atom is -0.375 e. The van der Waals surface area contributed by atoms with Crippen LogP contribution in [0, 0.1) is 5.92 Å². The van der Waals surface area contributed by atoms with Gasteiger partial charge in [0.25, 0.3) is 0 Å². The van der Waals surface area contributed by atoms with Gasteiger partial charge in [-0.3, -0.25) is 4.99 Å². The van der Waals surface area contributed by atoms with Crippen molar-refractivity contribution in [3.8, 4) is 0 Å². The highest BCUT2D eigenvalue weighted by Gasteiger charge is 2.38. The molecule has 4 heterocycles. The predicted octanol–water partition coefficient (Wildman–Crippen LogP) is 4.06. The first-order chi connectivity index (χ1) is 19.1. The summed E-state index contributed by atoms with van der Waals surface area (Å²) in [6, 6.07) is 8.40. The van der Waals surface area contributed by atoms with Gasteiger partial charge in [0, 0.05) is 68.9 Å². The average Bonchev–Trinajstić information content (AvgIpc) is 2.93. The Kier molecular flexibility index (Phi) is 7.96. The van der Waals surface area contributed by atoms with E-state index in [-0.39, 0.29) is 23.8 Å². The molecule has 0 bridgehead atoms. The highest BCUT2D eigenvalue weighted by atomic mass is 32.2. The summed E-state index contributed by atoms with van der Waals surface area (Å²) in [7, 11) is 0.504. The van der Waals surface area contributed by atoms with Gasteiger partial charge in [0.1, 0.15) is 21.5 Å². The molecule has 214 valence electrons. The number of fused-ring (bicyclic) bond motifs is 1. The number of hydrogen-bond donors (Lipinski definition) is 1. The van der Waals surface area contributed by atoms with Gasteiger partial charge >= 0.3 is 0 Å². The normalized spacial score (nSPS) is 22.7. The Morgan fingerprint density at radius 3 is 2.65 bits per heavy atom. The van der Waals surface area contributed by atoms with Crippen LogP contribution in [0.25, 0.3) is 10.8 Å². The fourth-order valence-electron chi connectivity index (χ4n) is 5.81. The fourth-order valence-corrected chi connectivity index (χ4v) is 6.97. The predicted molar refractivity (Wildman–Crippen MR) is 162 cm³/mol. The first-order valence-corrected chi connectivity index (χ1v) is 15.8. The molecule has 5 rings (SSSR count). The zero-order chi connectivity index (χ0) is 28.6. The monoisotopic (exact) mass is 565 g/mol. The third kappa shape index (κ3) is 5.76. The quantitative estimate of drug-likeness (QED) is 0.432. The molecule has 0 unspecified atom stereocenters. The van der Waals surface area contributed by atoms with E-state index in [1.54, 1.807) is 20.4 Å². The second kappa shape index (κ2) is 11.3. The number of aliphatic imine (C=N–C) groups is 1. The fraction of sp³-hybridized carbons (Fsp3) is 0.517. The molecule has 11 heteroatoms. The molecule has 2 aliphatic heterocycles. The Bertz CT molecular complexity index is 1530. The maximum atomic E-state index is 11.9. The number of benzene rings is 1. The summed E-state index contributed by atoms with van der Waals surface area (Å²) in [5.74, 6) is 2.70. The lowest BCUT2D eigenvalue weighted by Gasteiger charge is -2.48. The summed E-state index contributed by atoms with van der Waals surface area (Å²) >= 11 is 0. The highest BCUT2D eigenvalue weighted by molar-refractivity contribution is 7.90. The summed E-state index contributed by atoms with van der Waals surface area (Å²) in [6.45, 7) is 8.62. The van der Waals surface area contributed by atoms with Gasteiger partial charge in [-0.1, -0.05) is 19.9 Å². The molecule has 40 heavy (non-hydrogen) atoms. The number of methoxy groups -OCH3 is 1. The first-order valence-electron chi connectivity index (χ1n) is 13.8. The van der Waals surface area contributed by atoms with Gasteiger partial charge in [-0.2, -0.15) is 4.98 Å². The van der Waals surface area contributed by atoms with E-state index in [2.05, 4.69) is 64.1 Å². The maximum absolute atomic E-state index is 11.9. The molecule has 1 N–H and O–H groups in total. The van der Waals surface area contributed by atoms with E-state index >= 15 is 0 Å². The summed E-state index contributed by atoms with van der Waals surface area (Å²) < 4.78 is 29.3. The second-order valence-corrected chi connectivity index (χ2v) is 13.4. The molecule has 10 nitrogen and oxygen atoms in total. The van der Waals surface area contributed by atoms with Crippen molar-refractivity contribution in [2.45, 2.75) is 45.3 Å². The van der Waals surface area contributed by atoms with Crippen LogP contribution in [0.4, 0.5) is 23.3 Å². The third-order valence-corrected chi connectivity index (χ3v) is 9.14. The van der Waals surface area contributed by atoms with Crippen LogP contribution in [0.5, 0.6) is 0 Å². The lowest BCUT2D eigenvalue weighted by molar-refractivity contribution is 0.144. The molecule has 2 aromatic heterocycles. The van der Waals surface area contributed by atoms with Crippen molar-refractivity contribution in [2.24, 2.45) is 10.9 Å². The van der Waals surface area contributed by atoms with Crippen molar-refractivity contribution < 1.29 is 13.2 Å². The standard InChI is InChI=1S/C29H39N7O3S/c1-18(2)21-7-8-25(36-15-20(19(36)3)17-40(6,37)38)23-14-32-28(13-22(21)23)33-27-9-11-31-29(34-27)35-12-10-26(39-5)24(16-35)30-4/h7-9,11,13-14,18-20,26H,10,12,15-17H2,1-6H3,(H,31,32,33,34)/t19-,20-,26+/m1/s1. The molecule has 1 aromatic carbocycles. The number of pyridine rings is 1. The van der Waals surface area contributed by atoms with Gasteiger partial charge in [0.2, 0.25) is 5.95 Å². The Morgan fingerprint density at radius 2 is 1.98 bits per heavy atom. The Balaban J connectivity index is 1.40. The van der Waals surface area contributed by atoms with Crippen molar-refractivity contribution in [3.05, 3.63) is 42.2 Å². The Labute approximate surface area is 236 Å². The van der Waals surface area contributed by atoms with Crippen LogP contribution in [0.3, 0.4) is 0 Å². The van der Waals surface area contributed by atoms with Crippen LogP contribution in [0.2, 0.25) is 0 Å². The number of nitrogens with one attached hydrogen (secondary N) is 1. The van der Waals surface area contributed by atoms with Crippen LogP contribution in [0.15, 0.2) is 41.7 Å². The molecule has 2 fully saturated rings. The smallest absolute Gasteiger partial charge is 0.227 e. The second-order valence-electron chi connectivity index (χ2n) is 11.2. The average molecular weight is 566 g/mol. The van der Waals surface area contributed by atoms with E-state index in [1.165, 1.54) is 11.8 Å². The SMILES string of the molecule is CN=C1CN(c2nccc(Nc3cc4c(C(C)C)ccc(N5C[C@H](CS(C)(=O)=O)[C@H]5C)c4cn3)n2)CC[C@@H]1OC. The van der Waals surface area contributed by atoms with Gasteiger partial charge in [0.15, 0.2) is 0 Å². The molecule has 0 saturated carbocycles. The number of aromatic nitrogens is 3. The third-order valence-electron chi connectivity index (χ3n) is 8.10. The summed E-state index contributed by atoms with van der Waals surface area (Å²) in [6.07, 6.45) is 5.86. The molecule has 2 saturated heterocycles. The number of hydrogen-bond acceptors (Lipinski definition) is 10. The minimum atomic E-state index is -3.01. The van der Waals surface area contributed by atoms with Crippen LogP contribution in [-0.2, 0) is 14.6 Å². The van der Waals surface area contributed by atoms with Crippen molar-refractivity contribution in [1.82, 2.24) is 15.0 Å². The van der Waals surface area contributed by atoms with E-state index in [0.717, 1.165) is 41.7 Å². The number of nitrogens with zero attached hydrogens (tertiary/aromatic N) is 6. The molecule has 3 aromatic rings. The van der Waals surface area contributed by atoms with Gasteiger partial charge < -0.3 is 19.9 Å². The molecule has 0 amide bonds. The lowest BCUT2D eigenvalue weighted by atomic mass is 9.88. The molecule has 3 atom stereocenters. The molecule has 0 radical (unpaired) electrons. The van der Waals surface area contributed by atoms with Crippen molar-refractivity contribution in [1.29, 1.82) is 0 Å². The minimum absolute atomic E-state index is 0.0363. The topological polar surface area (TPSA) is 113 Å². The maximum Gasteiger partial charge on any atom is 0.227 e. The van der Waals surface area contributed by atoms with Gasteiger partial charge in [-0.05, 0) is 48.4 Å². The summed E-state index contributed by atoms with van der Waals surface area (Å²) in [4.78, 5) is 22.8. The largest absolute Gasteiger partial charge is 0.375 e. The van der Waals surface area contributed by atoms with Crippen molar-refractivity contribution >= 4 is 49.6 Å². The van der Waals surface area contributed by atoms with Gasteiger partial charge in [-0.15, -0.1) is 0 Å².